The molecule has 1 saturated heterocycles. The van der Waals surface area contributed by atoms with Crippen molar-refractivity contribution in [2.45, 2.75) is 31.1 Å². The number of nitrogens with zero attached hydrogens (tertiary/aromatic N) is 2. The molecule has 0 aromatic heterocycles. The number of carbonyl (C=O) groups excluding carboxylic acids is 1. The Labute approximate surface area is 144 Å². The molecule has 0 unspecified atom stereocenters. The van der Waals surface area contributed by atoms with Crippen LogP contribution in [0.2, 0.25) is 0 Å². The van der Waals surface area contributed by atoms with Crippen LogP contribution in [0.3, 0.4) is 0 Å². The van der Waals surface area contributed by atoms with Gasteiger partial charge in [0.1, 0.15) is 0 Å². The maximum Gasteiger partial charge on any atom is 0.253 e. The molecular weight excluding hydrogens is 326 g/mol. The fourth-order valence-corrected chi connectivity index (χ4v) is 4.38. The lowest BCUT2D eigenvalue weighted by molar-refractivity contribution is 0.0796. The van der Waals surface area contributed by atoms with E-state index in [4.69, 9.17) is 0 Å². The third-order valence-electron chi connectivity index (χ3n) is 4.44. The van der Waals surface area contributed by atoms with Gasteiger partial charge in [-0.05, 0) is 44.5 Å². The van der Waals surface area contributed by atoms with Gasteiger partial charge < -0.3 is 10.2 Å². The van der Waals surface area contributed by atoms with Crippen LogP contribution in [0.15, 0.2) is 23.1 Å². The molecule has 24 heavy (non-hydrogen) atoms. The van der Waals surface area contributed by atoms with Gasteiger partial charge in [-0.3, -0.25) is 4.79 Å². The second kappa shape index (κ2) is 8.09. The molecule has 0 spiro atoms. The van der Waals surface area contributed by atoms with Crippen molar-refractivity contribution in [2.24, 2.45) is 0 Å². The Morgan fingerprint density at radius 3 is 2.54 bits per heavy atom. The summed E-state index contributed by atoms with van der Waals surface area (Å²) in [6.45, 7) is 4.20. The number of amides is 1. The lowest BCUT2D eigenvalue weighted by Crippen LogP contribution is -2.36. The van der Waals surface area contributed by atoms with Gasteiger partial charge >= 0.3 is 0 Å². The number of hydrogen-bond donors (Lipinski definition) is 1. The zero-order chi connectivity index (χ0) is 17.7. The van der Waals surface area contributed by atoms with Gasteiger partial charge in [-0.2, -0.15) is 4.31 Å². The highest BCUT2D eigenvalue weighted by Gasteiger charge is 2.27. The third-order valence-corrected chi connectivity index (χ3v) is 6.33. The number of nitrogens with one attached hydrogen (secondary N) is 1. The van der Waals surface area contributed by atoms with E-state index >= 15 is 0 Å². The highest BCUT2D eigenvalue weighted by Crippen LogP contribution is 2.23. The number of rotatable bonds is 6. The predicted molar refractivity (Wildman–Crippen MR) is 94.7 cm³/mol. The molecule has 1 aromatic rings. The van der Waals surface area contributed by atoms with Crippen LogP contribution < -0.4 is 5.32 Å². The molecule has 1 aliphatic rings. The molecule has 0 saturated carbocycles. The summed E-state index contributed by atoms with van der Waals surface area (Å²) < 4.78 is 27.1. The van der Waals surface area contributed by atoms with Crippen LogP contribution >= 0.6 is 0 Å². The monoisotopic (exact) mass is 353 g/mol. The number of aryl methyl sites for hydroxylation is 1. The Bertz CT molecular complexity index is 682. The van der Waals surface area contributed by atoms with Crippen LogP contribution in [0.5, 0.6) is 0 Å². The van der Waals surface area contributed by atoms with Gasteiger partial charge in [0.25, 0.3) is 5.91 Å². The Balaban J connectivity index is 2.29. The van der Waals surface area contributed by atoms with Gasteiger partial charge in [0.2, 0.25) is 10.0 Å². The Morgan fingerprint density at radius 1 is 1.25 bits per heavy atom. The summed E-state index contributed by atoms with van der Waals surface area (Å²) in [6.07, 6.45) is 2.85. The van der Waals surface area contributed by atoms with E-state index in [1.165, 1.54) is 10.4 Å². The molecule has 0 bridgehead atoms. The standard InChI is InChI=1S/C17H27N3O3S/c1-14-7-8-15(24(22,23)20-10-5-4-6-11-20)13-16(14)17(21)19(3)12-9-18-2/h7-8,13,18H,4-6,9-12H2,1-3H3. The number of sulfonamides is 1. The van der Waals surface area contributed by atoms with E-state index < -0.39 is 10.0 Å². The molecule has 7 heteroatoms. The molecule has 1 aromatic carbocycles. The van der Waals surface area contributed by atoms with Crippen LogP contribution in [0.1, 0.15) is 35.2 Å². The number of hydrogen-bond acceptors (Lipinski definition) is 4. The predicted octanol–water partition coefficient (Wildman–Crippen LogP) is 1.46. The van der Waals surface area contributed by atoms with Crippen molar-refractivity contribution in [1.29, 1.82) is 0 Å². The van der Waals surface area contributed by atoms with E-state index in [0.29, 0.717) is 31.7 Å². The van der Waals surface area contributed by atoms with Gasteiger partial charge in [-0.15, -0.1) is 0 Å². The van der Waals surface area contributed by atoms with Crippen molar-refractivity contribution < 1.29 is 13.2 Å². The van der Waals surface area contributed by atoms with Crippen molar-refractivity contribution in [1.82, 2.24) is 14.5 Å². The minimum Gasteiger partial charge on any atom is -0.340 e. The van der Waals surface area contributed by atoms with Crippen LogP contribution in [-0.2, 0) is 10.0 Å². The van der Waals surface area contributed by atoms with Crippen molar-refractivity contribution in [2.75, 3.05) is 40.3 Å². The van der Waals surface area contributed by atoms with Crippen LogP contribution in [0.25, 0.3) is 0 Å². The smallest absolute Gasteiger partial charge is 0.253 e. The van der Waals surface area contributed by atoms with Crippen LogP contribution in [0.4, 0.5) is 0 Å². The SMILES string of the molecule is CNCCN(C)C(=O)c1cc(S(=O)(=O)N2CCCCC2)ccc1C. The van der Waals surface area contributed by atoms with Crippen molar-refractivity contribution in [3.05, 3.63) is 29.3 Å². The molecule has 1 heterocycles. The second-order valence-electron chi connectivity index (χ2n) is 6.27. The molecule has 0 radical (unpaired) electrons. The maximum absolute atomic E-state index is 12.8. The van der Waals surface area contributed by atoms with E-state index in [0.717, 1.165) is 24.8 Å². The molecular formula is C17H27N3O3S. The van der Waals surface area contributed by atoms with Gasteiger partial charge in [0.15, 0.2) is 0 Å². The van der Waals surface area contributed by atoms with E-state index in [9.17, 15) is 13.2 Å². The molecule has 0 atom stereocenters. The third kappa shape index (κ3) is 4.15. The number of likely N-dealkylation sites (N-methyl/N-ethyl adjacent to an activating group) is 2. The normalized spacial score (nSPS) is 16.1. The van der Waals surface area contributed by atoms with Gasteiger partial charge in [-0.1, -0.05) is 12.5 Å². The summed E-state index contributed by atoms with van der Waals surface area (Å²) in [5.41, 5.74) is 1.24. The molecule has 1 aliphatic heterocycles. The first-order valence-corrected chi connectivity index (χ1v) is 9.83. The zero-order valence-electron chi connectivity index (χ0n) is 14.7. The van der Waals surface area contributed by atoms with Crippen molar-refractivity contribution in [3.8, 4) is 0 Å². The lowest BCUT2D eigenvalue weighted by atomic mass is 10.1. The average molecular weight is 353 g/mol. The zero-order valence-corrected chi connectivity index (χ0v) is 15.5. The fraction of sp³-hybridized carbons (Fsp3) is 0.588. The second-order valence-corrected chi connectivity index (χ2v) is 8.21. The first-order valence-electron chi connectivity index (χ1n) is 8.39. The molecule has 6 nitrogen and oxygen atoms in total. The van der Waals surface area contributed by atoms with Crippen molar-refractivity contribution >= 4 is 15.9 Å². The van der Waals surface area contributed by atoms with Crippen LogP contribution in [-0.4, -0.2) is 63.8 Å². The largest absolute Gasteiger partial charge is 0.340 e. The summed E-state index contributed by atoms with van der Waals surface area (Å²) >= 11 is 0. The number of piperidine rings is 1. The topological polar surface area (TPSA) is 69.7 Å². The molecule has 2 rings (SSSR count). The maximum atomic E-state index is 12.8. The molecule has 0 aliphatic carbocycles. The summed E-state index contributed by atoms with van der Waals surface area (Å²) in [7, 11) is 0.0286. The summed E-state index contributed by atoms with van der Waals surface area (Å²) in [5.74, 6) is -0.154. The minimum absolute atomic E-state index is 0.154. The molecule has 1 fully saturated rings. The quantitative estimate of drug-likeness (QED) is 0.841. The Kier molecular flexibility index (Phi) is 6.37. The van der Waals surface area contributed by atoms with Gasteiger partial charge in [0, 0.05) is 38.8 Å². The van der Waals surface area contributed by atoms with E-state index in [-0.39, 0.29) is 10.8 Å². The van der Waals surface area contributed by atoms with E-state index in [1.54, 1.807) is 24.1 Å². The van der Waals surface area contributed by atoms with E-state index in [1.807, 2.05) is 14.0 Å². The molecule has 134 valence electrons. The van der Waals surface area contributed by atoms with Crippen LogP contribution in [0, 0.1) is 6.92 Å². The highest BCUT2D eigenvalue weighted by molar-refractivity contribution is 7.89. The molecule has 1 amide bonds. The first kappa shape index (κ1) is 18.9. The van der Waals surface area contributed by atoms with E-state index in [2.05, 4.69) is 5.32 Å². The number of benzene rings is 1. The number of carbonyl (C=O) groups is 1. The van der Waals surface area contributed by atoms with Crippen molar-refractivity contribution in [3.63, 3.8) is 0 Å². The van der Waals surface area contributed by atoms with Gasteiger partial charge in [-0.25, -0.2) is 8.42 Å². The lowest BCUT2D eigenvalue weighted by Gasteiger charge is -2.26. The summed E-state index contributed by atoms with van der Waals surface area (Å²) in [5, 5.41) is 3.00. The summed E-state index contributed by atoms with van der Waals surface area (Å²) in [4.78, 5) is 14.4. The Hall–Kier alpha value is -1.44. The fourth-order valence-electron chi connectivity index (χ4n) is 2.83. The Morgan fingerprint density at radius 2 is 1.92 bits per heavy atom. The summed E-state index contributed by atoms with van der Waals surface area (Å²) in [6, 6.07) is 4.84. The van der Waals surface area contributed by atoms with Gasteiger partial charge in [0.05, 0.1) is 4.90 Å². The highest BCUT2D eigenvalue weighted by atomic mass is 32.2. The molecule has 1 N–H and O–H groups in total. The average Bonchev–Trinajstić information content (AvgIpc) is 2.60. The first-order chi connectivity index (χ1) is 11.4. The minimum atomic E-state index is -3.53.